The van der Waals surface area contributed by atoms with Crippen LogP contribution in [0.1, 0.15) is 13.3 Å². The van der Waals surface area contributed by atoms with E-state index in [1.54, 1.807) is 6.92 Å². The molecule has 0 aromatic carbocycles. The van der Waals surface area contributed by atoms with E-state index in [4.69, 9.17) is 4.74 Å². The topological polar surface area (TPSA) is 26.3 Å². The molecule has 0 fully saturated rings. The van der Waals surface area contributed by atoms with Crippen molar-refractivity contribution in [2.45, 2.75) is 13.3 Å². The largest absolute Gasteiger partial charge is 0.462 e. The summed E-state index contributed by atoms with van der Waals surface area (Å²) in [7, 11) is 4.25. The summed E-state index contributed by atoms with van der Waals surface area (Å²) in [4.78, 5) is 11.1. The fourth-order valence-electron chi connectivity index (χ4n) is 1.22. The zero-order valence-electron chi connectivity index (χ0n) is 10.1. The first-order valence-electron chi connectivity index (χ1n) is 5.14. The summed E-state index contributed by atoms with van der Waals surface area (Å²) in [6.45, 7) is 11.2. The molecule has 3 nitrogen and oxygen atoms in total. The van der Waals surface area contributed by atoms with Gasteiger partial charge in [0.1, 0.15) is 0 Å². The highest BCUT2D eigenvalue weighted by Crippen LogP contribution is 2.00. The lowest BCUT2D eigenvalue weighted by molar-refractivity contribution is -0.884. The first-order valence-corrected chi connectivity index (χ1v) is 5.14. The minimum absolute atomic E-state index is 0.302. The Kier molecular flexibility index (Phi) is 5.94. The maximum absolute atomic E-state index is 11.1. The third-order valence-corrected chi connectivity index (χ3v) is 2.11. The molecule has 0 atom stereocenters. The molecule has 0 spiro atoms. The van der Waals surface area contributed by atoms with Gasteiger partial charge in [0.05, 0.1) is 33.8 Å². The molecule has 0 aromatic rings. The molecule has 0 bridgehead atoms. The SMILES string of the molecule is C=CC[N+](C)(C)CCCOC(=O)C(=C)C. The van der Waals surface area contributed by atoms with Gasteiger partial charge >= 0.3 is 5.97 Å². The zero-order chi connectivity index (χ0) is 11.9. The third kappa shape index (κ3) is 6.91. The van der Waals surface area contributed by atoms with E-state index in [-0.39, 0.29) is 5.97 Å². The van der Waals surface area contributed by atoms with E-state index in [9.17, 15) is 4.79 Å². The molecular weight excluding hydrogens is 190 g/mol. The van der Waals surface area contributed by atoms with Gasteiger partial charge in [0.15, 0.2) is 0 Å². The summed E-state index contributed by atoms with van der Waals surface area (Å²) in [5, 5.41) is 0. The molecular formula is C12H22NO2+. The number of hydrogen-bond acceptors (Lipinski definition) is 2. The number of rotatable bonds is 7. The molecule has 0 amide bonds. The Hall–Kier alpha value is -1.09. The molecule has 0 heterocycles. The molecule has 86 valence electrons. The summed E-state index contributed by atoms with van der Waals surface area (Å²) in [6, 6.07) is 0. The molecule has 0 N–H and O–H groups in total. The Balaban J connectivity index is 3.66. The van der Waals surface area contributed by atoms with Gasteiger partial charge in [-0.2, -0.15) is 0 Å². The molecule has 0 saturated heterocycles. The van der Waals surface area contributed by atoms with Crippen LogP contribution in [0.4, 0.5) is 0 Å². The molecule has 0 aliphatic carbocycles. The number of carbonyl (C=O) groups excluding carboxylic acids is 1. The molecule has 0 rings (SSSR count). The average molecular weight is 212 g/mol. The van der Waals surface area contributed by atoms with Crippen LogP contribution in [-0.2, 0) is 9.53 Å². The lowest BCUT2D eigenvalue weighted by Gasteiger charge is -2.28. The second-order valence-corrected chi connectivity index (χ2v) is 4.40. The molecule has 0 aliphatic heterocycles. The van der Waals surface area contributed by atoms with Crippen LogP contribution in [0.25, 0.3) is 0 Å². The quantitative estimate of drug-likeness (QED) is 0.211. The van der Waals surface area contributed by atoms with Crippen LogP contribution >= 0.6 is 0 Å². The maximum Gasteiger partial charge on any atom is 0.333 e. The lowest BCUT2D eigenvalue weighted by Crippen LogP contribution is -2.40. The molecule has 0 saturated carbocycles. The van der Waals surface area contributed by atoms with E-state index in [2.05, 4.69) is 27.3 Å². The van der Waals surface area contributed by atoms with Crippen molar-refractivity contribution in [3.63, 3.8) is 0 Å². The number of quaternary nitrogens is 1. The Bertz CT molecular complexity index is 244. The number of carbonyl (C=O) groups is 1. The molecule has 3 heteroatoms. The fraction of sp³-hybridized carbons (Fsp3) is 0.583. The highest BCUT2D eigenvalue weighted by atomic mass is 16.5. The van der Waals surface area contributed by atoms with E-state index in [0.717, 1.165) is 24.0 Å². The van der Waals surface area contributed by atoms with Gasteiger partial charge in [-0.1, -0.05) is 13.2 Å². The molecule has 0 unspecified atom stereocenters. The Morgan fingerprint density at radius 1 is 1.47 bits per heavy atom. The monoisotopic (exact) mass is 212 g/mol. The van der Waals surface area contributed by atoms with Gasteiger partial charge in [-0.15, -0.1) is 0 Å². The summed E-state index contributed by atoms with van der Waals surface area (Å²) >= 11 is 0. The van der Waals surface area contributed by atoms with Crippen molar-refractivity contribution in [3.05, 3.63) is 24.8 Å². The van der Waals surface area contributed by atoms with Crippen molar-refractivity contribution >= 4 is 5.97 Å². The summed E-state index contributed by atoms with van der Waals surface area (Å²) in [5.41, 5.74) is 0.454. The summed E-state index contributed by atoms with van der Waals surface area (Å²) in [5.74, 6) is -0.302. The Labute approximate surface area is 92.6 Å². The van der Waals surface area contributed by atoms with Crippen molar-refractivity contribution in [1.29, 1.82) is 0 Å². The summed E-state index contributed by atoms with van der Waals surface area (Å²) in [6.07, 6.45) is 2.76. The van der Waals surface area contributed by atoms with Crippen LogP contribution in [0.5, 0.6) is 0 Å². The fourth-order valence-corrected chi connectivity index (χ4v) is 1.22. The van der Waals surface area contributed by atoms with Crippen LogP contribution < -0.4 is 0 Å². The van der Waals surface area contributed by atoms with Crippen LogP contribution in [0.2, 0.25) is 0 Å². The first kappa shape index (κ1) is 13.9. The van der Waals surface area contributed by atoms with Crippen molar-refractivity contribution in [2.75, 3.05) is 33.8 Å². The van der Waals surface area contributed by atoms with E-state index >= 15 is 0 Å². The van der Waals surface area contributed by atoms with Crippen molar-refractivity contribution in [1.82, 2.24) is 0 Å². The van der Waals surface area contributed by atoms with Crippen molar-refractivity contribution in [3.8, 4) is 0 Å². The smallest absolute Gasteiger partial charge is 0.333 e. The van der Waals surface area contributed by atoms with Crippen LogP contribution in [0.15, 0.2) is 24.8 Å². The van der Waals surface area contributed by atoms with Gasteiger partial charge in [0, 0.05) is 12.0 Å². The number of ether oxygens (including phenoxy) is 1. The second kappa shape index (κ2) is 6.40. The van der Waals surface area contributed by atoms with Crippen LogP contribution in [0, 0.1) is 0 Å². The van der Waals surface area contributed by atoms with E-state index < -0.39 is 0 Å². The first-order chi connectivity index (χ1) is 6.89. The second-order valence-electron chi connectivity index (χ2n) is 4.40. The normalized spacial score (nSPS) is 10.9. The molecule has 15 heavy (non-hydrogen) atoms. The zero-order valence-corrected chi connectivity index (χ0v) is 10.1. The molecule has 0 aliphatic rings. The predicted molar refractivity (Wildman–Crippen MR) is 62.4 cm³/mol. The van der Waals surface area contributed by atoms with Crippen LogP contribution in [0.3, 0.4) is 0 Å². The number of likely N-dealkylation sites (N-methyl/N-ethyl adjacent to an activating group) is 1. The predicted octanol–water partition coefficient (Wildman–Crippen LogP) is 1.76. The lowest BCUT2D eigenvalue weighted by atomic mass is 10.3. The molecule has 0 radical (unpaired) electrons. The van der Waals surface area contributed by atoms with Gasteiger partial charge in [-0.25, -0.2) is 4.79 Å². The average Bonchev–Trinajstić information content (AvgIpc) is 2.11. The Morgan fingerprint density at radius 2 is 2.07 bits per heavy atom. The highest BCUT2D eigenvalue weighted by molar-refractivity contribution is 5.86. The van der Waals surface area contributed by atoms with Crippen LogP contribution in [-0.4, -0.2) is 44.2 Å². The third-order valence-electron chi connectivity index (χ3n) is 2.11. The van der Waals surface area contributed by atoms with Gasteiger partial charge in [-0.05, 0) is 13.0 Å². The highest BCUT2D eigenvalue weighted by Gasteiger charge is 2.12. The minimum Gasteiger partial charge on any atom is -0.462 e. The maximum atomic E-state index is 11.1. The van der Waals surface area contributed by atoms with Gasteiger partial charge in [0.25, 0.3) is 0 Å². The Morgan fingerprint density at radius 3 is 2.53 bits per heavy atom. The van der Waals surface area contributed by atoms with E-state index in [1.165, 1.54) is 0 Å². The van der Waals surface area contributed by atoms with Gasteiger partial charge in [-0.3, -0.25) is 0 Å². The standard InChI is InChI=1S/C12H22NO2/c1-6-8-13(4,5)9-7-10-15-12(14)11(2)3/h6H,1-2,7-10H2,3-5H3/q+1. The van der Waals surface area contributed by atoms with E-state index in [1.807, 2.05) is 6.08 Å². The number of hydrogen-bond donors (Lipinski definition) is 0. The van der Waals surface area contributed by atoms with Gasteiger partial charge in [0.2, 0.25) is 0 Å². The summed E-state index contributed by atoms with van der Waals surface area (Å²) < 4.78 is 5.87. The number of esters is 1. The molecule has 0 aromatic heterocycles. The van der Waals surface area contributed by atoms with Crippen molar-refractivity contribution < 1.29 is 14.0 Å². The van der Waals surface area contributed by atoms with Crippen molar-refractivity contribution in [2.24, 2.45) is 0 Å². The number of nitrogens with zero attached hydrogens (tertiary/aromatic N) is 1. The van der Waals surface area contributed by atoms with Gasteiger partial charge < -0.3 is 9.22 Å². The minimum atomic E-state index is -0.302. The van der Waals surface area contributed by atoms with E-state index in [0.29, 0.717) is 12.2 Å².